The van der Waals surface area contributed by atoms with E-state index in [4.69, 9.17) is 4.42 Å². The highest BCUT2D eigenvalue weighted by Gasteiger charge is 2.21. The van der Waals surface area contributed by atoms with E-state index in [-0.39, 0.29) is 36.3 Å². The van der Waals surface area contributed by atoms with Crippen molar-refractivity contribution in [3.63, 3.8) is 0 Å². The second-order valence-electron chi connectivity index (χ2n) is 7.92. The summed E-state index contributed by atoms with van der Waals surface area (Å²) in [6, 6.07) is 14.4. The second-order valence-corrected chi connectivity index (χ2v) is 9.77. The van der Waals surface area contributed by atoms with Gasteiger partial charge in [-0.15, -0.1) is 0 Å². The van der Waals surface area contributed by atoms with E-state index in [0.29, 0.717) is 12.1 Å². The van der Waals surface area contributed by atoms with Gasteiger partial charge in [-0.1, -0.05) is 19.1 Å². The van der Waals surface area contributed by atoms with E-state index in [1.54, 1.807) is 48.2 Å². The van der Waals surface area contributed by atoms with Crippen molar-refractivity contribution in [2.45, 2.75) is 26.4 Å². The number of furan rings is 1. The summed E-state index contributed by atoms with van der Waals surface area (Å²) < 4.78 is 45.8. The van der Waals surface area contributed by atoms with Gasteiger partial charge < -0.3 is 14.2 Å². The van der Waals surface area contributed by atoms with Crippen molar-refractivity contribution in [3.05, 3.63) is 83.6 Å². The van der Waals surface area contributed by atoms with Gasteiger partial charge in [-0.2, -0.15) is 0 Å². The minimum absolute atomic E-state index is 0.0193. The summed E-state index contributed by atoms with van der Waals surface area (Å²) in [5, 5.41) is 0. The van der Waals surface area contributed by atoms with Crippen molar-refractivity contribution in [2.75, 3.05) is 29.5 Å². The minimum Gasteiger partial charge on any atom is -0.459 e. The van der Waals surface area contributed by atoms with E-state index in [2.05, 4.69) is 4.72 Å². The van der Waals surface area contributed by atoms with Gasteiger partial charge in [0.05, 0.1) is 12.0 Å². The predicted molar refractivity (Wildman–Crippen MR) is 127 cm³/mol. The molecule has 0 saturated carbocycles. The lowest BCUT2D eigenvalue weighted by atomic mass is 10.1. The Morgan fingerprint density at radius 2 is 1.79 bits per heavy atom. The summed E-state index contributed by atoms with van der Waals surface area (Å²) in [4.78, 5) is 16.7. The van der Waals surface area contributed by atoms with Crippen molar-refractivity contribution < 1.29 is 22.0 Å². The van der Waals surface area contributed by atoms with Gasteiger partial charge in [-0.3, -0.25) is 9.52 Å². The lowest BCUT2D eigenvalue weighted by molar-refractivity contribution is 0.0698. The number of nitrogens with one attached hydrogen (secondary N) is 1. The number of halogens is 1. The molecule has 0 saturated heterocycles. The summed E-state index contributed by atoms with van der Waals surface area (Å²) in [6.07, 6.45) is 1.93. The number of benzene rings is 2. The first-order valence-electron chi connectivity index (χ1n) is 10.6. The second kappa shape index (κ2) is 10.5. The Labute approximate surface area is 193 Å². The van der Waals surface area contributed by atoms with Crippen molar-refractivity contribution in [2.24, 2.45) is 0 Å². The van der Waals surface area contributed by atoms with Crippen LogP contribution in [0.2, 0.25) is 0 Å². The zero-order chi connectivity index (χ0) is 24.0. The van der Waals surface area contributed by atoms with Gasteiger partial charge in [0, 0.05) is 38.6 Å². The summed E-state index contributed by atoms with van der Waals surface area (Å²) in [6.45, 7) is 2.21. The molecule has 0 aliphatic carbocycles. The molecule has 0 atom stereocenters. The summed E-state index contributed by atoms with van der Waals surface area (Å²) >= 11 is 0. The highest BCUT2D eigenvalue weighted by Crippen LogP contribution is 2.26. The molecule has 0 aliphatic heterocycles. The average molecular weight is 474 g/mol. The minimum atomic E-state index is -3.46. The molecule has 1 N–H and O–H groups in total. The van der Waals surface area contributed by atoms with Crippen LogP contribution in [-0.4, -0.2) is 39.1 Å². The Hall–Kier alpha value is -3.33. The van der Waals surface area contributed by atoms with Crippen LogP contribution in [0.1, 0.15) is 35.0 Å². The van der Waals surface area contributed by atoms with Gasteiger partial charge >= 0.3 is 0 Å². The molecular formula is C24H28FN3O4S. The molecule has 0 bridgehead atoms. The molecule has 176 valence electrons. The van der Waals surface area contributed by atoms with Gasteiger partial charge in [-0.05, 0) is 60.0 Å². The maximum atomic E-state index is 13.4. The van der Waals surface area contributed by atoms with Crippen LogP contribution in [0.25, 0.3) is 0 Å². The third-order valence-electron chi connectivity index (χ3n) is 4.97. The Balaban J connectivity index is 1.96. The number of hydrogen-bond acceptors (Lipinski definition) is 5. The zero-order valence-electron chi connectivity index (χ0n) is 18.9. The van der Waals surface area contributed by atoms with E-state index in [1.165, 1.54) is 18.4 Å². The Kier molecular flexibility index (Phi) is 7.75. The van der Waals surface area contributed by atoms with Gasteiger partial charge in [-0.25, -0.2) is 12.8 Å². The number of carbonyl (C=O) groups excluding carboxylic acids is 1. The first kappa shape index (κ1) is 24.3. The SMILES string of the molecule is CCCS(=O)(=O)Nc1ccc(N(C)C)c(CN(Cc2ccc(F)cc2)C(=O)c2ccco2)c1. The number of amides is 1. The maximum Gasteiger partial charge on any atom is 0.290 e. The molecule has 0 unspecified atom stereocenters. The maximum absolute atomic E-state index is 13.4. The highest BCUT2D eigenvalue weighted by molar-refractivity contribution is 7.92. The monoisotopic (exact) mass is 473 g/mol. The van der Waals surface area contributed by atoms with Crippen LogP contribution in [0.15, 0.2) is 65.3 Å². The normalized spacial score (nSPS) is 11.3. The number of anilines is 2. The average Bonchev–Trinajstić information content (AvgIpc) is 3.29. The summed E-state index contributed by atoms with van der Waals surface area (Å²) in [7, 11) is 0.285. The first-order chi connectivity index (χ1) is 15.7. The number of carbonyl (C=O) groups is 1. The predicted octanol–water partition coefficient (Wildman–Crippen LogP) is 4.48. The van der Waals surface area contributed by atoms with Crippen molar-refractivity contribution in [3.8, 4) is 0 Å². The number of nitrogens with zero attached hydrogens (tertiary/aromatic N) is 2. The molecule has 0 spiro atoms. The molecule has 3 aromatic rings. The number of sulfonamides is 1. The topological polar surface area (TPSA) is 82.9 Å². The molecule has 33 heavy (non-hydrogen) atoms. The van der Waals surface area contributed by atoms with Crippen LogP contribution in [0, 0.1) is 5.82 Å². The van der Waals surface area contributed by atoms with Crippen LogP contribution in [0.3, 0.4) is 0 Å². The smallest absolute Gasteiger partial charge is 0.290 e. The highest BCUT2D eigenvalue weighted by atomic mass is 32.2. The molecule has 1 amide bonds. The lowest BCUT2D eigenvalue weighted by Gasteiger charge is -2.26. The van der Waals surface area contributed by atoms with E-state index in [0.717, 1.165) is 16.8 Å². The Bertz CT molecular complexity index is 1180. The van der Waals surface area contributed by atoms with Gasteiger partial charge in [0.15, 0.2) is 5.76 Å². The number of rotatable bonds is 10. The van der Waals surface area contributed by atoms with E-state index in [9.17, 15) is 17.6 Å². The largest absolute Gasteiger partial charge is 0.459 e. The third kappa shape index (κ3) is 6.58. The number of hydrogen-bond donors (Lipinski definition) is 1. The van der Waals surface area contributed by atoms with Crippen molar-refractivity contribution in [1.29, 1.82) is 0 Å². The fourth-order valence-electron chi connectivity index (χ4n) is 3.48. The zero-order valence-corrected chi connectivity index (χ0v) is 19.7. The van der Waals surface area contributed by atoms with Crippen molar-refractivity contribution in [1.82, 2.24) is 4.90 Å². The Morgan fingerprint density at radius 1 is 1.06 bits per heavy atom. The van der Waals surface area contributed by atoms with E-state index < -0.39 is 10.0 Å². The molecule has 0 aliphatic rings. The fourth-order valence-corrected chi connectivity index (χ4v) is 4.61. The van der Waals surface area contributed by atoms with Gasteiger partial charge in [0.2, 0.25) is 10.0 Å². The molecule has 7 nitrogen and oxygen atoms in total. The molecule has 1 heterocycles. The quantitative estimate of drug-likeness (QED) is 0.470. The third-order valence-corrected chi connectivity index (χ3v) is 6.47. The van der Waals surface area contributed by atoms with Crippen molar-refractivity contribution >= 4 is 27.3 Å². The lowest BCUT2D eigenvalue weighted by Crippen LogP contribution is -2.30. The fraction of sp³-hybridized carbons (Fsp3) is 0.292. The summed E-state index contributed by atoms with van der Waals surface area (Å²) in [5.41, 5.74) is 2.77. The standard InChI is InChI=1S/C24H28FN3O4S/c1-4-14-33(30,31)26-21-11-12-22(27(2)3)19(15-21)17-28(24(29)23-6-5-13-32-23)16-18-7-9-20(25)10-8-18/h5-13,15,26H,4,14,16-17H2,1-3H3. The molecular weight excluding hydrogens is 445 g/mol. The van der Waals surface area contributed by atoms with Crippen LogP contribution >= 0.6 is 0 Å². The van der Waals surface area contributed by atoms with E-state index >= 15 is 0 Å². The molecule has 2 aromatic carbocycles. The molecule has 3 rings (SSSR count). The Morgan fingerprint density at radius 3 is 2.39 bits per heavy atom. The van der Waals surface area contributed by atoms with Gasteiger partial charge in [0.1, 0.15) is 5.82 Å². The first-order valence-corrected chi connectivity index (χ1v) is 12.2. The molecule has 0 fully saturated rings. The molecule has 1 aromatic heterocycles. The summed E-state index contributed by atoms with van der Waals surface area (Å²) in [5.74, 6) is -0.482. The molecule has 9 heteroatoms. The molecule has 0 radical (unpaired) electrons. The van der Waals surface area contributed by atoms with Gasteiger partial charge in [0.25, 0.3) is 5.91 Å². The van der Waals surface area contributed by atoms with Crippen LogP contribution in [0.5, 0.6) is 0 Å². The van der Waals surface area contributed by atoms with E-state index in [1.807, 2.05) is 25.1 Å². The van der Waals surface area contributed by atoms with Crippen LogP contribution < -0.4 is 9.62 Å². The van der Waals surface area contributed by atoms with Crippen LogP contribution in [-0.2, 0) is 23.1 Å². The van der Waals surface area contributed by atoms with Crippen LogP contribution in [0.4, 0.5) is 15.8 Å².